The van der Waals surface area contributed by atoms with Gasteiger partial charge in [-0.2, -0.15) is 0 Å². The van der Waals surface area contributed by atoms with Crippen LogP contribution in [0.15, 0.2) is 11.8 Å². The normalized spacial score (nSPS) is 12.0. The quantitative estimate of drug-likeness (QED) is 0.372. The van der Waals surface area contributed by atoms with Gasteiger partial charge in [0.25, 0.3) is 0 Å². The fourth-order valence-corrected chi connectivity index (χ4v) is 1.42. The van der Waals surface area contributed by atoms with E-state index in [4.69, 9.17) is 5.11 Å². The molecule has 0 unspecified atom stereocenters. The lowest BCUT2D eigenvalue weighted by atomic mass is 10.1. The van der Waals surface area contributed by atoms with Gasteiger partial charge in [-0.3, -0.25) is 9.59 Å². The summed E-state index contributed by atoms with van der Waals surface area (Å²) < 4.78 is 0. The lowest BCUT2D eigenvalue weighted by Gasteiger charge is -2.29. The molecule has 1 amide bonds. The van der Waals surface area contributed by atoms with Gasteiger partial charge < -0.3 is 10.4 Å². The Morgan fingerprint density at radius 2 is 1.89 bits per heavy atom. The molecule has 0 saturated carbocycles. The van der Waals surface area contributed by atoms with Crippen LogP contribution in [0, 0.1) is 0 Å². The molecule has 0 atom stereocenters. The lowest BCUT2D eigenvalue weighted by molar-refractivity contribution is -0.124. The van der Waals surface area contributed by atoms with Crippen molar-refractivity contribution >= 4 is 11.7 Å². The minimum atomic E-state index is -0.296. The first kappa shape index (κ1) is 16.6. The molecule has 0 aliphatic rings. The summed E-state index contributed by atoms with van der Waals surface area (Å²) in [5.74, 6) is -0.543. The molecule has 0 heterocycles. The smallest absolute Gasteiger partial charge is 0.224 e. The number of hydrazine groups is 1. The van der Waals surface area contributed by atoms with E-state index in [2.05, 4.69) is 5.32 Å². The number of ketones is 1. The molecule has 0 bridgehead atoms. The number of aliphatic hydroxyl groups excluding tert-OH is 1. The number of Topliss-reactive ketones (excluding diaryl/α,β-unsaturated/α-hetero) is 1. The Bertz CT molecular complexity index is 316. The van der Waals surface area contributed by atoms with Crippen molar-refractivity contribution in [2.45, 2.75) is 20.3 Å². The van der Waals surface area contributed by atoms with Crippen LogP contribution in [-0.2, 0) is 9.59 Å². The zero-order chi connectivity index (χ0) is 14.1. The van der Waals surface area contributed by atoms with Crippen molar-refractivity contribution < 1.29 is 14.7 Å². The zero-order valence-electron chi connectivity index (χ0n) is 11.6. The fourth-order valence-electron chi connectivity index (χ4n) is 1.42. The summed E-state index contributed by atoms with van der Waals surface area (Å²) in [6.45, 7) is 5.56. The highest BCUT2D eigenvalue weighted by atomic mass is 16.2. The van der Waals surface area contributed by atoms with Gasteiger partial charge in [-0.15, -0.1) is 0 Å². The Hall–Kier alpha value is -1.40. The van der Waals surface area contributed by atoms with Crippen molar-refractivity contribution in [2.24, 2.45) is 0 Å². The van der Waals surface area contributed by atoms with E-state index in [1.807, 2.05) is 30.9 Å². The van der Waals surface area contributed by atoms with Crippen LogP contribution >= 0.6 is 0 Å². The topological polar surface area (TPSA) is 72.9 Å². The Morgan fingerprint density at radius 3 is 2.28 bits per heavy atom. The Balaban J connectivity index is 4.57. The van der Waals surface area contributed by atoms with Crippen molar-refractivity contribution in [3.8, 4) is 0 Å². The molecule has 0 saturated heterocycles. The summed E-state index contributed by atoms with van der Waals surface area (Å²) >= 11 is 0. The number of carbonyl (C=O) groups is 2. The number of hydrogen-bond donors (Lipinski definition) is 2. The average Bonchev–Trinajstić information content (AvgIpc) is 2.40. The largest absolute Gasteiger partial charge is 0.515 e. The van der Waals surface area contributed by atoms with Crippen LogP contribution in [0.25, 0.3) is 0 Å². The Labute approximate surface area is 108 Å². The fraction of sp³-hybridized carbons (Fsp3) is 0.667. The average molecular weight is 257 g/mol. The highest BCUT2D eigenvalue weighted by Gasteiger charge is 2.18. The number of rotatable bonds is 8. The third kappa shape index (κ3) is 5.29. The summed E-state index contributed by atoms with van der Waals surface area (Å²) in [7, 11) is 3.38. The number of nitrogens with one attached hydrogen (secondary N) is 1. The number of hydrogen-bond acceptors (Lipinski definition) is 5. The van der Waals surface area contributed by atoms with Gasteiger partial charge >= 0.3 is 0 Å². The molecule has 0 fully saturated rings. The molecule has 18 heavy (non-hydrogen) atoms. The molecular weight excluding hydrogens is 234 g/mol. The van der Waals surface area contributed by atoms with Crippen LogP contribution in [0.5, 0.6) is 0 Å². The minimum absolute atomic E-state index is 0.0980. The highest BCUT2D eigenvalue weighted by molar-refractivity contribution is 6.00. The number of aliphatic hydroxyl groups is 1. The van der Waals surface area contributed by atoms with Crippen molar-refractivity contribution in [3.63, 3.8) is 0 Å². The molecule has 2 N–H and O–H groups in total. The van der Waals surface area contributed by atoms with Crippen molar-refractivity contribution in [3.05, 3.63) is 11.8 Å². The number of amides is 1. The number of nitrogens with zero attached hydrogens (tertiary/aromatic N) is 2. The van der Waals surface area contributed by atoms with Gasteiger partial charge in [-0.05, 0) is 0 Å². The first-order chi connectivity index (χ1) is 8.49. The molecule has 0 spiro atoms. The summed E-state index contributed by atoms with van der Waals surface area (Å²) in [5.41, 5.74) is 0.123. The molecule has 0 aliphatic heterocycles. The summed E-state index contributed by atoms with van der Waals surface area (Å²) in [6, 6.07) is 0. The summed E-state index contributed by atoms with van der Waals surface area (Å²) in [5, 5.41) is 15.2. The predicted molar refractivity (Wildman–Crippen MR) is 70.0 cm³/mol. The SMILES string of the molecule is CCN(C)N(CC)CC(=O)C(=CO)CC(=O)NC. The minimum Gasteiger partial charge on any atom is -0.515 e. The Kier molecular flexibility index (Phi) is 7.98. The maximum absolute atomic E-state index is 11.9. The van der Waals surface area contributed by atoms with Gasteiger partial charge in [0, 0.05) is 32.8 Å². The van der Waals surface area contributed by atoms with E-state index in [1.165, 1.54) is 7.05 Å². The third-order valence-electron chi connectivity index (χ3n) is 2.78. The van der Waals surface area contributed by atoms with Gasteiger partial charge in [0.2, 0.25) is 5.91 Å². The molecule has 104 valence electrons. The molecular formula is C12H23N3O3. The van der Waals surface area contributed by atoms with Crippen LogP contribution in [0.2, 0.25) is 0 Å². The van der Waals surface area contributed by atoms with Crippen LogP contribution < -0.4 is 5.32 Å². The zero-order valence-corrected chi connectivity index (χ0v) is 11.6. The summed E-state index contributed by atoms with van der Waals surface area (Å²) in [4.78, 5) is 23.1. The van der Waals surface area contributed by atoms with Crippen LogP contribution in [0.3, 0.4) is 0 Å². The summed E-state index contributed by atoms with van der Waals surface area (Å²) in [6.07, 6.45) is 0.622. The van der Waals surface area contributed by atoms with Crippen LogP contribution in [0.1, 0.15) is 20.3 Å². The van der Waals surface area contributed by atoms with E-state index in [1.54, 1.807) is 0 Å². The molecule has 0 radical (unpaired) electrons. The molecule has 0 rings (SSSR count). The third-order valence-corrected chi connectivity index (χ3v) is 2.78. The second-order valence-corrected chi connectivity index (χ2v) is 3.88. The standard InChI is InChI=1S/C12H23N3O3/c1-5-14(4)15(6-2)8-11(17)10(9-16)7-12(18)13-3/h9,16H,5-8H2,1-4H3,(H,13,18). The molecule has 0 aromatic rings. The van der Waals surface area contributed by atoms with E-state index in [9.17, 15) is 9.59 Å². The van der Waals surface area contributed by atoms with Crippen LogP contribution in [0.4, 0.5) is 0 Å². The van der Waals surface area contributed by atoms with Crippen molar-refractivity contribution in [1.82, 2.24) is 15.3 Å². The monoisotopic (exact) mass is 257 g/mol. The molecule has 0 aromatic heterocycles. The van der Waals surface area contributed by atoms with Crippen molar-refractivity contribution in [2.75, 3.05) is 33.7 Å². The molecule has 6 heteroatoms. The first-order valence-corrected chi connectivity index (χ1v) is 6.03. The molecule has 6 nitrogen and oxygen atoms in total. The van der Waals surface area contributed by atoms with E-state index < -0.39 is 0 Å². The molecule has 0 aromatic carbocycles. The highest BCUT2D eigenvalue weighted by Crippen LogP contribution is 2.05. The van der Waals surface area contributed by atoms with E-state index in [0.29, 0.717) is 6.54 Å². The van der Waals surface area contributed by atoms with Gasteiger partial charge in [0.1, 0.15) is 0 Å². The Morgan fingerprint density at radius 1 is 1.28 bits per heavy atom. The maximum atomic E-state index is 11.9. The van der Waals surface area contributed by atoms with Gasteiger partial charge in [-0.25, -0.2) is 10.0 Å². The van der Waals surface area contributed by atoms with E-state index in [0.717, 1.165) is 12.8 Å². The second kappa shape index (κ2) is 8.66. The number of likely N-dealkylation sites (N-methyl/N-ethyl adjacent to an activating group) is 1. The predicted octanol–water partition coefficient (Wildman–Crippen LogP) is 0.322. The van der Waals surface area contributed by atoms with Gasteiger partial charge in [0.05, 0.1) is 19.2 Å². The van der Waals surface area contributed by atoms with Gasteiger partial charge in [-0.1, -0.05) is 13.8 Å². The van der Waals surface area contributed by atoms with E-state index >= 15 is 0 Å². The molecule has 0 aliphatic carbocycles. The van der Waals surface area contributed by atoms with Gasteiger partial charge in [0.15, 0.2) is 5.78 Å². The first-order valence-electron chi connectivity index (χ1n) is 6.03. The lowest BCUT2D eigenvalue weighted by Crippen LogP contribution is -2.43. The van der Waals surface area contributed by atoms with Crippen molar-refractivity contribution in [1.29, 1.82) is 0 Å². The second-order valence-electron chi connectivity index (χ2n) is 3.88. The van der Waals surface area contributed by atoms with Crippen LogP contribution in [-0.4, -0.2) is 60.5 Å². The maximum Gasteiger partial charge on any atom is 0.224 e. The van der Waals surface area contributed by atoms with E-state index in [-0.39, 0.29) is 30.2 Å². The number of carbonyl (C=O) groups excluding carboxylic acids is 2.